The summed E-state index contributed by atoms with van der Waals surface area (Å²) in [6.07, 6.45) is 0.285. The van der Waals surface area contributed by atoms with Crippen LogP contribution in [0.1, 0.15) is 22.5 Å². The molecule has 0 aliphatic carbocycles. The summed E-state index contributed by atoms with van der Waals surface area (Å²) in [5.41, 5.74) is 1.59. The average molecular weight is 324 g/mol. The summed E-state index contributed by atoms with van der Waals surface area (Å²) in [6.45, 7) is 2.33. The van der Waals surface area contributed by atoms with Crippen molar-refractivity contribution >= 4 is 21.7 Å². The Labute approximate surface area is 119 Å². The molecule has 6 heteroatoms. The number of Topliss-reactive ketones (excluding diaryl/α,β-unsaturated/α-hetero) is 1. The Balaban J connectivity index is 1.91. The van der Waals surface area contributed by atoms with Gasteiger partial charge in [0.2, 0.25) is 0 Å². The molecular formula is C13H14BrN3O2. The molecule has 1 aromatic carbocycles. The van der Waals surface area contributed by atoms with E-state index in [1.807, 2.05) is 31.2 Å². The van der Waals surface area contributed by atoms with Crippen molar-refractivity contribution in [1.29, 1.82) is 0 Å². The van der Waals surface area contributed by atoms with E-state index in [1.165, 1.54) is 4.68 Å². The Morgan fingerprint density at radius 2 is 2.26 bits per heavy atom. The largest absolute Gasteiger partial charge is 0.493 e. The second-order valence-electron chi connectivity index (χ2n) is 4.19. The highest BCUT2D eigenvalue weighted by molar-refractivity contribution is 9.10. The van der Waals surface area contributed by atoms with Gasteiger partial charge in [0.15, 0.2) is 10.4 Å². The zero-order chi connectivity index (χ0) is 13.8. The first-order valence-corrected chi connectivity index (χ1v) is 6.65. The quantitative estimate of drug-likeness (QED) is 0.793. The molecule has 100 valence electrons. The van der Waals surface area contributed by atoms with Crippen molar-refractivity contribution in [2.75, 3.05) is 6.61 Å². The first-order valence-electron chi connectivity index (χ1n) is 5.86. The van der Waals surface area contributed by atoms with Gasteiger partial charge in [0.1, 0.15) is 11.4 Å². The van der Waals surface area contributed by atoms with Crippen LogP contribution in [0.3, 0.4) is 0 Å². The van der Waals surface area contributed by atoms with Gasteiger partial charge in [0, 0.05) is 13.5 Å². The number of ether oxygens (including phenoxy) is 1. The number of nitrogens with zero attached hydrogens (tertiary/aromatic N) is 3. The van der Waals surface area contributed by atoms with E-state index in [4.69, 9.17) is 4.74 Å². The smallest absolute Gasteiger partial charge is 0.187 e. The monoisotopic (exact) mass is 323 g/mol. The van der Waals surface area contributed by atoms with Gasteiger partial charge >= 0.3 is 0 Å². The Kier molecular flexibility index (Phi) is 4.31. The molecule has 0 spiro atoms. The van der Waals surface area contributed by atoms with E-state index in [0.29, 0.717) is 16.9 Å². The van der Waals surface area contributed by atoms with Crippen LogP contribution in [0.25, 0.3) is 0 Å². The van der Waals surface area contributed by atoms with Crippen molar-refractivity contribution in [3.05, 3.63) is 40.1 Å². The predicted molar refractivity (Wildman–Crippen MR) is 74.3 cm³/mol. The lowest BCUT2D eigenvalue weighted by Crippen LogP contribution is -2.11. The fraction of sp³-hybridized carbons (Fsp3) is 0.308. The van der Waals surface area contributed by atoms with Crippen LogP contribution < -0.4 is 4.74 Å². The Bertz CT molecular complexity index is 576. The van der Waals surface area contributed by atoms with Crippen LogP contribution in [0.4, 0.5) is 0 Å². The highest BCUT2D eigenvalue weighted by Crippen LogP contribution is 2.15. The summed E-state index contributed by atoms with van der Waals surface area (Å²) in [4.78, 5) is 12.0. The maximum atomic E-state index is 12.0. The summed E-state index contributed by atoms with van der Waals surface area (Å²) in [7, 11) is 1.69. The number of carbonyl (C=O) groups is 1. The molecule has 5 nitrogen and oxygen atoms in total. The SMILES string of the molecule is Cc1cccc(OCCC(=O)c2c(Br)nnn2C)c1. The van der Waals surface area contributed by atoms with E-state index >= 15 is 0 Å². The molecule has 0 bridgehead atoms. The standard InChI is InChI=1S/C13H14BrN3O2/c1-9-4-3-5-10(8-9)19-7-6-11(18)12-13(14)15-16-17(12)2/h3-5,8H,6-7H2,1-2H3. The fourth-order valence-electron chi connectivity index (χ4n) is 1.71. The van der Waals surface area contributed by atoms with Gasteiger partial charge in [-0.2, -0.15) is 0 Å². The number of hydrogen-bond donors (Lipinski definition) is 0. The number of ketones is 1. The third kappa shape index (κ3) is 3.41. The molecular weight excluding hydrogens is 310 g/mol. The Morgan fingerprint density at radius 3 is 2.89 bits per heavy atom. The predicted octanol–water partition coefficient (Wildman–Crippen LogP) is 2.54. The van der Waals surface area contributed by atoms with Gasteiger partial charge in [-0.25, -0.2) is 4.68 Å². The van der Waals surface area contributed by atoms with Crippen LogP contribution >= 0.6 is 15.9 Å². The molecule has 0 N–H and O–H groups in total. The Hall–Kier alpha value is -1.69. The summed E-state index contributed by atoms with van der Waals surface area (Å²) < 4.78 is 7.47. The van der Waals surface area contributed by atoms with E-state index in [-0.39, 0.29) is 12.2 Å². The number of rotatable bonds is 5. The highest BCUT2D eigenvalue weighted by Gasteiger charge is 2.16. The third-order valence-electron chi connectivity index (χ3n) is 2.64. The number of aryl methyl sites for hydroxylation is 2. The summed E-state index contributed by atoms with van der Waals surface area (Å²) in [6, 6.07) is 7.73. The minimum atomic E-state index is -0.0490. The van der Waals surface area contributed by atoms with Crippen molar-refractivity contribution in [1.82, 2.24) is 15.0 Å². The molecule has 2 rings (SSSR count). The summed E-state index contributed by atoms with van der Waals surface area (Å²) >= 11 is 3.21. The highest BCUT2D eigenvalue weighted by atomic mass is 79.9. The van der Waals surface area contributed by atoms with Crippen molar-refractivity contribution in [3.8, 4) is 5.75 Å². The molecule has 0 atom stereocenters. The lowest BCUT2D eigenvalue weighted by molar-refractivity contribution is 0.0952. The van der Waals surface area contributed by atoms with Crippen LogP contribution in [0.5, 0.6) is 5.75 Å². The minimum Gasteiger partial charge on any atom is -0.493 e. The molecule has 2 aromatic rings. The lowest BCUT2D eigenvalue weighted by Gasteiger charge is -2.06. The molecule has 1 aromatic heterocycles. The molecule has 0 saturated carbocycles. The number of benzene rings is 1. The van der Waals surface area contributed by atoms with Crippen LogP contribution in [-0.2, 0) is 7.05 Å². The van der Waals surface area contributed by atoms with Gasteiger partial charge in [-0.15, -0.1) is 5.10 Å². The topological polar surface area (TPSA) is 57.0 Å². The van der Waals surface area contributed by atoms with Crippen LogP contribution in [0.2, 0.25) is 0 Å². The zero-order valence-electron chi connectivity index (χ0n) is 10.8. The van der Waals surface area contributed by atoms with Gasteiger partial charge in [0.25, 0.3) is 0 Å². The van der Waals surface area contributed by atoms with E-state index in [2.05, 4.69) is 26.2 Å². The minimum absolute atomic E-state index is 0.0490. The molecule has 0 amide bonds. The lowest BCUT2D eigenvalue weighted by atomic mass is 10.2. The average Bonchev–Trinajstić information content (AvgIpc) is 2.69. The number of halogens is 1. The van der Waals surface area contributed by atoms with Crippen molar-refractivity contribution in [2.24, 2.45) is 7.05 Å². The van der Waals surface area contributed by atoms with E-state index in [0.717, 1.165) is 11.3 Å². The van der Waals surface area contributed by atoms with Crippen LogP contribution in [0, 0.1) is 6.92 Å². The second-order valence-corrected chi connectivity index (χ2v) is 4.94. The van der Waals surface area contributed by atoms with Crippen molar-refractivity contribution < 1.29 is 9.53 Å². The van der Waals surface area contributed by atoms with Crippen LogP contribution in [0.15, 0.2) is 28.9 Å². The van der Waals surface area contributed by atoms with Gasteiger partial charge in [-0.05, 0) is 40.5 Å². The third-order valence-corrected chi connectivity index (χ3v) is 3.17. The van der Waals surface area contributed by atoms with Gasteiger partial charge in [-0.3, -0.25) is 4.79 Å². The maximum Gasteiger partial charge on any atom is 0.187 e. The van der Waals surface area contributed by atoms with E-state index in [9.17, 15) is 4.79 Å². The number of carbonyl (C=O) groups excluding carboxylic acids is 1. The second kappa shape index (κ2) is 5.97. The van der Waals surface area contributed by atoms with Crippen molar-refractivity contribution in [2.45, 2.75) is 13.3 Å². The zero-order valence-corrected chi connectivity index (χ0v) is 12.3. The van der Waals surface area contributed by atoms with Gasteiger partial charge < -0.3 is 4.74 Å². The molecule has 0 unspecified atom stereocenters. The Morgan fingerprint density at radius 1 is 1.47 bits per heavy atom. The molecule has 0 aliphatic rings. The fourth-order valence-corrected chi connectivity index (χ4v) is 2.26. The first kappa shape index (κ1) is 13.7. The van der Waals surface area contributed by atoms with Gasteiger partial charge in [-0.1, -0.05) is 17.3 Å². The normalized spacial score (nSPS) is 10.5. The number of aromatic nitrogens is 3. The van der Waals surface area contributed by atoms with E-state index < -0.39 is 0 Å². The maximum absolute atomic E-state index is 12.0. The summed E-state index contributed by atoms with van der Waals surface area (Å²) in [5, 5.41) is 7.56. The molecule has 1 heterocycles. The van der Waals surface area contributed by atoms with Gasteiger partial charge in [0.05, 0.1) is 6.61 Å². The molecule has 0 saturated heterocycles. The molecule has 0 radical (unpaired) electrons. The molecule has 0 fully saturated rings. The molecule has 19 heavy (non-hydrogen) atoms. The molecule has 0 aliphatic heterocycles. The number of hydrogen-bond acceptors (Lipinski definition) is 4. The van der Waals surface area contributed by atoms with Crippen molar-refractivity contribution in [3.63, 3.8) is 0 Å². The van der Waals surface area contributed by atoms with E-state index in [1.54, 1.807) is 7.05 Å². The van der Waals surface area contributed by atoms with Crippen LogP contribution in [-0.4, -0.2) is 27.4 Å². The first-order chi connectivity index (χ1) is 9.08. The summed E-state index contributed by atoms with van der Waals surface area (Å²) in [5.74, 6) is 0.724.